The van der Waals surface area contributed by atoms with Gasteiger partial charge >= 0.3 is 0 Å². The fourth-order valence-corrected chi connectivity index (χ4v) is 2.06. The van der Waals surface area contributed by atoms with Crippen LogP contribution in [0.4, 0.5) is 0 Å². The first-order valence-corrected chi connectivity index (χ1v) is 6.27. The molecule has 1 aromatic rings. The summed E-state index contributed by atoms with van der Waals surface area (Å²) in [6, 6.07) is 4.13. The molecule has 2 N–H and O–H groups in total. The number of methoxy groups -OCH3 is 1. The molecule has 0 bridgehead atoms. The molecule has 0 aromatic heterocycles. The number of halogens is 1. The molecule has 1 unspecified atom stereocenters. The van der Waals surface area contributed by atoms with Gasteiger partial charge < -0.3 is 10.5 Å². The molecule has 17 heavy (non-hydrogen) atoms. The van der Waals surface area contributed by atoms with Gasteiger partial charge in [-0.15, -0.1) is 0 Å². The molecule has 0 heterocycles. The first kappa shape index (κ1) is 14.3. The van der Waals surface area contributed by atoms with Crippen molar-refractivity contribution in [3.8, 4) is 5.75 Å². The Bertz CT molecular complexity index is 396. The van der Waals surface area contributed by atoms with E-state index in [2.05, 4.69) is 33.8 Å². The lowest BCUT2D eigenvalue weighted by Crippen LogP contribution is -2.15. The zero-order chi connectivity index (χ0) is 13.2. The van der Waals surface area contributed by atoms with Gasteiger partial charge in [-0.3, -0.25) is 0 Å². The maximum Gasteiger partial charge on any atom is 0.140 e. The van der Waals surface area contributed by atoms with E-state index in [0.717, 1.165) is 11.3 Å². The van der Waals surface area contributed by atoms with Crippen molar-refractivity contribution in [2.24, 2.45) is 5.73 Å². The quantitative estimate of drug-likeness (QED) is 0.894. The molecule has 0 aliphatic heterocycles. The minimum Gasteiger partial charge on any atom is -0.495 e. The normalized spacial score (nSPS) is 13.6. The second kappa shape index (κ2) is 5.28. The lowest BCUT2D eigenvalue weighted by molar-refractivity contribution is 0.406. The zero-order valence-electron chi connectivity index (χ0n) is 11.3. The highest BCUT2D eigenvalue weighted by Gasteiger charge is 2.20. The highest BCUT2D eigenvalue weighted by Crippen LogP contribution is 2.37. The number of rotatable bonds is 3. The Morgan fingerprint density at radius 1 is 1.35 bits per heavy atom. The molecule has 0 aliphatic rings. The van der Waals surface area contributed by atoms with E-state index >= 15 is 0 Å². The smallest absolute Gasteiger partial charge is 0.140 e. The van der Waals surface area contributed by atoms with Gasteiger partial charge in [0.15, 0.2) is 0 Å². The third kappa shape index (κ3) is 3.14. The summed E-state index contributed by atoms with van der Waals surface area (Å²) in [6.45, 7) is 9.17. The van der Waals surface area contributed by atoms with E-state index in [1.165, 1.54) is 5.56 Å². The molecule has 2 nitrogen and oxygen atoms in total. The SMILES string of the molecule is COc1c(Cl)cc(C(C)(C)C)cc1C(C)CN. The molecule has 0 saturated heterocycles. The van der Waals surface area contributed by atoms with Crippen LogP contribution in [0.3, 0.4) is 0 Å². The van der Waals surface area contributed by atoms with Gasteiger partial charge in [-0.2, -0.15) is 0 Å². The number of hydrogen-bond acceptors (Lipinski definition) is 2. The van der Waals surface area contributed by atoms with Crippen LogP contribution in [0.2, 0.25) is 5.02 Å². The summed E-state index contributed by atoms with van der Waals surface area (Å²) in [5, 5.41) is 0.662. The predicted octanol–water partition coefficient (Wildman–Crippen LogP) is 3.71. The molecule has 0 aliphatic carbocycles. The molecule has 1 aromatic carbocycles. The van der Waals surface area contributed by atoms with Crippen molar-refractivity contribution in [3.05, 3.63) is 28.3 Å². The Morgan fingerprint density at radius 3 is 2.35 bits per heavy atom. The van der Waals surface area contributed by atoms with Crippen LogP contribution in [0, 0.1) is 0 Å². The van der Waals surface area contributed by atoms with E-state index in [9.17, 15) is 0 Å². The van der Waals surface area contributed by atoms with Gasteiger partial charge in [-0.1, -0.05) is 45.4 Å². The molecule has 0 spiro atoms. The first-order valence-electron chi connectivity index (χ1n) is 5.89. The van der Waals surface area contributed by atoms with Crippen molar-refractivity contribution in [3.63, 3.8) is 0 Å². The summed E-state index contributed by atoms with van der Waals surface area (Å²) in [5.74, 6) is 0.988. The van der Waals surface area contributed by atoms with E-state index in [0.29, 0.717) is 11.6 Å². The molecular formula is C14H22ClNO. The van der Waals surface area contributed by atoms with Crippen molar-refractivity contribution in [2.45, 2.75) is 39.0 Å². The molecule has 0 saturated carbocycles. The highest BCUT2D eigenvalue weighted by atomic mass is 35.5. The summed E-state index contributed by atoms with van der Waals surface area (Å²) in [6.07, 6.45) is 0. The summed E-state index contributed by atoms with van der Waals surface area (Å²) in [4.78, 5) is 0. The Kier molecular flexibility index (Phi) is 4.45. The van der Waals surface area contributed by atoms with Crippen LogP contribution in [-0.2, 0) is 5.41 Å². The molecule has 0 fully saturated rings. The zero-order valence-corrected chi connectivity index (χ0v) is 12.1. The summed E-state index contributed by atoms with van der Waals surface area (Å²) in [5.41, 5.74) is 8.10. The Labute approximate surface area is 109 Å². The Hall–Kier alpha value is -0.730. The van der Waals surface area contributed by atoms with Crippen LogP contribution in [0.15, 0.2) is 12.1 Å². The van der Waals surface area contributed by atoms with Crippen molar-refractivity contribution in [1.82, 2.24) is 0 Å². The first-order chi connectivity index (χ1) is 7.81. The van der Waals surface area contributed by atoms with Gasteiger partial charge in [0.1, 0.15) is 5.75 Å². The maximum absolute atomic E-state index is 6.28. The van der Waals surface area contributed by atoms with E-state index < -0.39 is 0 Å². The number of hydrogen-bond donors (Lipinski definition) is 1. The topological polar surface area (TPSA) is 35.2 Å². The standard InChI is InChI=1S/C14H22ClNO/c1-9(8-16)11-6-10(14(2,3)4)7-12(15)13(11)17-5/h6-7,9H,8,16H2,1-5H3. The maximum atomic E-state index is 6.28. The number of nitrogens with two attached hydrogens (primary N) is 1. The molecular weight excluding hydrogens is 234 g/mol. The van der Waals surface area contributed by atoms with Crippen LogP contribution < -0.4 is 10.5 Å². The molecule has 0 amide bonds. The third-order valence-electron chi connectivity index (χ3n) is 3.03. The van der Waals surface area contributed by atoms with Gasteiger partial charge in [0.05, 0.1) is 12.1 Å². The average Bonchev–Trinajstić information content (AvgIpc) is 2.25. The van der Waals surface area contributed by atoms with E-state index in [-0.39, 0.29) is 11.3 Å². The fraction of sp³-hybridized carbons (Fsp3) is 0.571. The van der Waals surface area contributed by atoms with Crippen molar-refractivity contribution >= 4 is 11.6 Å². The Morgan fingerprint density at radius 2 is 1.94 bits per heavy atom. The van der Waals surface area contributed by atoms with Crippen LogP contribution in [0.25, 0.3) is 0 Å². The molecule has 1 atom stereocenters. The molecule has 3 heteroatoms. The predicted molar refractivity (Wildman–Crippen MR) is 74.2 cm³/mol. The van der Waals surface area contributed by atoms with Crippen molar-refractivity contribution < 1.29 is 4.74 Å². The lowest BCUT2D eigenvalue weighted by Gasteiger charge is -2.23. The molecule has 0 radical (unpaired) electrons. The average molecular weight is 256 g/mol. The van der Waals surface area contributed by atoms with Crippen molar-refractivity contribution in [1.29, 1.82) is 0 Å². The Balaban J connectivity index is 3.39. The van der Waals surface area contributed by atoms with Crippen molar-refractivity contribution in [2.75, 3.05) is 13.7 Å². The second-order valence-electron chi connectivity index (χ2n) is 5.47. The van der Waals surface area contributed by atoms with Gasteiger partial charge in [0.25, 0.3) is 0 Å². The highest BCUT2D eigenvalue weighted by molar-refractivity contribution is 6.32. The third-order valence-corrected chi connectivity index (χ3v) is 3.31. The molecule has 96 valence electrons. The van der Waals surface area contributed by atoms with E-state index in [1.54, 1.807) is 7.11 Å². The second-order valence-corrected chi connectivity index (χ2v) is 5.87. The van der Waals surface area contributed by atoms with Crippen LogP contribution >= 0.6 is 11.6 Å². The summed E-state index contributed by atoms with van der Waals surface area (Å²) < 4.78 is 5.38. The van der Waals surface area contributed by atoms with Crippen LogP contribution in [-0.4, -0.2) is 13.7 Å². The van der Waals surface area contributed by atoms with E-state index in [4.69, 9.17) is 22.1 Å². The molecule has 1 rings (SSSR count). The van der Waals surface area contributed by atoms with Gasteiger partial charge in [-0.05, 0) is 29.5 Å². The van der Waals surface area contributed by atoms with Gasteiger partial charge in [-0.25, -0.2) is 0 Å². The lowest BCUT2D eigenvalue weighted by atomic mass is 9.84. The number of ether oxygens (including phenoxy) is 1. The summed E-state index contributed by atoms with van der Waals surface area (Å²) in [7, 11) is 1.64. The van der Waals surface area contributed by atoms with Crippen LogP contribution in [0.5, 0.6) is 5.75 Å². The monoisotopic (exact) mass is 255 g/mol. The largest absolute Gasteiger partial charge is 0.495 e. The number of benzene rings is 1. The minimum atomic E-state index is 0.0684. The van der Waals surface area contributed by atoms with Gasteiger partial charge in [0, 0.05) is 5.56 Å². The minimum absolute atomic E-state index is 0.0684. The fourth-order valence-electron chi connectivity index (χ4n) is 1.76. The van der Waals surface area contributed by atoms with E-state index in [1.807, 2.05) is 6.07 Å². The van der Waals surface area contributed by atoms with Gasteiger partial charge in [0.2, 0.25) is 0 Å². The summed E-state index contributed by atoms with van der Waals surface area (Å²) >= 11 is 6.28. The van der Waals surface area contributed by atoms with Crippen LogP contribution in [0.1, 0.15) is 44.7 Å².